The first-order valence-electron chi connectivity index (χ1n) is 7.40. The van der Waals surface area contributed by atoms with Crippen LogP contribution >= 0.6 is 0 Å². The predicted molar refractivity (Wildman–Crippen MR) is 77.6 cm³/mol. The quantitative estimate of drug-likeness (QED) is 0.503. The fourth-order valence-electron chi connectivity index (χ4n) is 2.53. The van der Waals surface area contributed by atoms with Gasteiger partial charge in [-0.15, -0.1) is 0 Å². The second kappa shape index (κ2) is 8.33. The van der Waals surface area contributed by atoms with Gasteiger partial charge in [0.15, 0.2) is 0 Å². The minimum atomic E-state index is 0.790. The molecule has 1 atom stereocenters. The molecule has 0 saturated heterocycles. The highest BCUT2D eigenvalue weighted by Gasteiger charge is 2.10. The van der Waals surface area contributed by atoms with Crippen LogP contribution in [0.5, 0.6) is 0 Å². The number of benzene rings is 1. The topological polar surface area (TPSA) is 0 Å². The molecule has 0 N–H and O–H groups in total. The summed E-state index contributed by atoms with van der Waals surface area (Å²) in [6.45, 7) is 6.83. The molecule has 0 nitrogen and oxygen atoms in total. The van der Waals surface area contributed by atoms with Gasteiger partial charge in [0.2, 0.25) is 0 Å². The monoisotopic (exact) mass is 232 g/mol. The van der Waals surface area contributed by atoms with Gasteiger partial charge in [-0.3, -0.25) is 0 Å². The van der Waals surface area contributed by atoms with Crippen LogP contribution in [0.25, 0.3) is 0 Å². The van der Waals surface area contributed by atoms with E-state index in [0.717, 1.165) is 12.3 Å². The summed E-state index contributed by atoms with van der Waals surface area (Å²) in [4.78, 5) is 0. The van der Waals surface area contributed by atoms with E-state index in [1.54, 1.807) is 5.56 Å². The summed E-state index contributed by atoms with van der Waals surface area (Å²) in [6, 6.07) is 9.23. The zero-order chi connectivity index (χ0) is 12.5. The molecule has 1 aromatic rings. The van der Waals surface area contributed by atoms with E-state index in [1.807, 2.05) is 0 Å². The van der Waals surface area contributed by atoms with Crippen molar-refractivity contribution in [1.29, 1.82) is 0 Å². The van der Waals surface area contributed by atoms with Crippen molar-refractivity contribution in [3.05, 3.63) is 35.4 Å². The Kier molecular flexibility index (Phi) is 7.00. The second-order valence-corrected chi connectivity index (χ2v) is 5.08. The second-order valence-electron chi connectivity index (χ2n) is 5.08. The summed E-state index contributed by atoms with van der Waals surface area (Å²) in [5.41, 5.74) is 3.06. The molecule has 96 valence electrons. The highest BCUT2D eigenvalue weighted by atomic mass is 14.2. The SMILES string of the molecule is CCCCCC(CCC)c1cccc(CC)c1. The molecule has 1 rings (SSSR count). The Hall–Kier alpha value is -0.780. The van der Waals surface area contributed by atoms with Crippen molar-refractivity contribution in [2.75, 3.05) is 0 Å². The Balaban J connectivity index is 2.66. The van der Waals surface area contributed by atoms with Crippen molar-refractivity contribution in [2.45, 2.75) is 71.6 Å². The molecule has 0 heterocycles. The van der Waals surface area contributed by atoms with E-state index in [-0.39, 0.29) is 0 Å². The van der Waals surface area contributed by atoms with Gasteiger partial charge in [-0.2, -0.15) is 0 Å². The fourth-order valence-corrected chi connectivity index (χ4v) is 2.53. The lowest BCUT2D eigenvalue weighted by Crippen LogP contribution is -1.99. The van der Waals surface area contributed by atoms with Gasteiger partial charge >= 0.3 is 0 Å². The lowest BCUT2D eigenvalue weighted by Gasteiger charge is -2.17. The highest BCUT2D eigenvalue weighted by molar-refractivity contribution is 5.26. The summed E-state index contributed by atoms with van der Waals surface area (Å²) in [6.07, 6.45) is 9.26. The molecule has 0 saturated carbocycles. The molecule has 0 radical (unpaired) electrons. The van der Waals surface area contributed by atoms with Crippen LogP contribution in [0, 0.1) is 0 Å². The lowest BCUT2D eigenvalue weighted by atomic mass is 9.88. The summed E-state index contributed by atoms with van der Waals surface area (Å²) in [5.74, 6) is 0.790. The van der Waals surface area contributed by atoms with Crippen molar-refractivity contribution in [2.24, 2.45) is 0 Å². The molecule has 0 aliphatic rings. The Bertz CT molecular complexity index is 301. The van der Waals surface area contributed by atoms with E-state index in [9.17, 15) is 0 Å². The van der Waals surface area contributed by atoms with Gasteiger partial charge < -0.3 is 0 Å². The standard InChI is InChI=1S/C17H28/c1-4-7-8-12-16(10-5-2)17-13-9-11-15(6-3)14-17/h9,11,13-14,16H,4-8,10,12H2,1-3H3. The summed E-state index contributed by atoms with van der Waals surface area (Å²) in [5, 5.41) is 0. The Labute approximate surface area is 107 Å². The molecule has 1 unspecified atom stereocenters. The zero-order valence-corrected chi connectivity index (χ0v) is 11.8. The maximum Gasteiger partial charge on any atom is -0.0162 e. The number of aryl methyl sites for hydroxylation is 1. The van der Waals surface area contributed by atoms with E-state index in [4.69, 9.17) is 0 Å². The van der Waals surface area contributed by atoms with E-state index in [2.05, 4.69) is 45.0 Å². The van der Waals surface area contributed by atoms with Gasteiger partial charge in [-0.1, -0.05) is 70.7 Å². The van der Waals surface area contributed by atoms with Gasteiger partial charge in [-0.25, -0.2) is 0 Å². The molecule has 0 aliphatic carbocycles. The van der Waals surface area contributed by atoms with Crippen LogP contribution in [0.15, 0.2) is 24.3 Å². The van der Waals surface area contributed by atoms with Crippen LogP contribution in [0.1, 0.15) is 76.3 Å². The van der Waals surface area contributed by atoms with Crippen molar-refractivity contribution in [1.82, 2.24) is 0 Å². The molecule has 0 aliphatic heterocycles. The maximum atomic E-state index is 2.42. The summed E-state index contributed by atoms with van der Waals surface area (Å²) >= 11 is 0. The van der Waals surface area contributed by atoms with Crippen LogP contribution in [0.3, 0.4) is 0 Å². The van der Waals surface area contributed by atoms with Crippen molar-refractivity contribution >= 4 is 0 Å². The minimum Gasteiger partial charge on any atom is -0.0654 e. The van der Waals surface area contributed by atoms with E-state index in [1.165, 1.54) is 44.1 Å². The molecule has 0 aromatic heterocycles. The summed E-state index contributed by atoms with van der Waals surface area (Å²) in [7, 11) is 0. The first-order valence-corrected chi connectivity index (χ1v) is 7.40. The first kappa shape index (κ1) is 14.3. The van der Waals surface area contributed by atoms with Crippen molar-refractivity contribution in [3.63, 3.8) is 0 Å². The molecule has 0 bridgehead atoms. The third-order valence-electron chi connectivity index (χ3n) is 3.62. The number of rotatable bonds is 8. The molecule has 1 aromatic carbocycles. The van der Waals surface area contributed by atoms with Crippen LogP contribution in [0.4, 0.5) is 0 Å². The molecule has 0 fully saturated rings. The van der Waals surface area contributed by atoms with E-state index >= 15 is 0 Å². The van der Waals surface area contributed by atoms with Crippen LogP contribution in [-0.2, 0) is 6.42 Å². The Morgan fingerprint density at radius 3 is 2.41 bits per heavy atom. The normalized spacial score (nSPS) is 12.6. The van der Waals surface area contributed by atoms with E-state index < -0.39 is 0 Å². The van der Waals surface area contributed by atoms with Gasteiger partial charge in [0.1, 0.15) is 0 Å². The lowest BCUT2D eigenvalue weighted by molar-refractivity contribution is 0.529. The highest BCUT2D eigenvalue weighted by Crippen LogP contribution is 2.27. The van der Waals surface area contributed by atoms with Crippen LogP contribution < -0.4 is 0 Å². The zero-order valence-electron chi connectivity index (χ0n) is 11.8. The van der Waals surface area contributed by atoms with Gasteiger partial charge in [0, 0.05) is 0 Å². The number of unbranched alkanes of at least 4 members (excludes halogenated alkanes) is 2. The summed E-state index contributed by atoms with van der Waals surface area (Å²) < 4.78 is 0. The van der Waals surface area contributed by atoms with Crippen LogP contribution in [0.2, 0.25) is 0 Å². The first-order chi connectivity index (χ1) is 8.31. The third-order valence-corrected chi connectivity index (χ3v) is 3.62. The van der Waals surface area contributed by atoms with Crippen molar-refractivity contribution < 1.29 is 0 Å². The Morgan fingerprint density at radius 2 is 1.76 bits per heavy atom. The van der Waals surface area contributed by atoms with Gasteiger partial charge in [0.05, 0.1) is 0 Å². The molecular weight excluding hydrogens is 204 g/mol. The molecule has 0 amide bonds. The minimum absolute atomic E-state index is 0.790. The van der Waals surface area contributed by atoms with Crippen LogP contribution in [-0.4, -0.2) is 0 Å². The molecular formula is C17H28. The van der Waals surface area contributed by atoms with E-state index in [0.29, 0.717) is 0 Å². The predicted octanol–water partition coefficient (Wildman–Crippen LogP) is 5.71. The fraction of sp³-hybridized carbons (Fsp3) is 0.647. The molecule has 17 heavy (non-hydrogen) atoms. The smallest absolute Gasteiger partial charge is 0.0162 e. The van der Waals surface area contributed by atoms with Crippen molar-refractivity contribution in [3.8, 4) is 0 Å². The molecule has 0 heteroatoms. The third kappa shape index (κ3) is 4.93. The Morgan fingerprint density at radius 1 is 0.941 bits per heavy atom. The maximum absolute atomic E-state index is 2.42. The number of hydrogen-bond acceptors (Lipinski definition) is 0. The average Bonchev–Trinajstić information content (AvgIpc) is 2.38. The average molecular weight is 232 g/mol. The molecule has 0 spiro atoms. The van der Waals surface area contributed by atoms with Gasteiger partial charge in [-0.05, 0) is 36.3 Å². The van der Waals surface area contributed by atoms with Gasteiger partial charge in [0.25, 0.3) is 0 Å². The largest absolute Gasteiger partial charge is 0.0654 e. The number of hydrogen-bond donors (Lipinski definition) is 0.